The Kier molecular flexibility index (Phi) is 3.87. The molecule has 1 aliphatic rings. The highest BCUT2D eigenvalue weighted by Crippen LogP contribution is 2.17. The van der Waals surface area contributed by atoms with Gasteiger partial charge in [-0.15, -0.1) is 0 Å². The Hall–Kier alpha value is -1.55. The number of carbonyl (C=O) groups is 1. The molecule has 0 spiro atoms. The molecule has 4 nitrogen and oxygen atoms in total. The second-order valence-corrected chi connectivity index (χ2v) is 4.88. The number of ether oxygens (including phenoxy) is 1. The van der Waals surface area contributed by atoms with Gasteiger partial charge in [-0.05, 0) is 44.5 Å². The standard InChI is InChI=1S/C14H19NO3/c1-10(2)18-13-5-3-11(4-6-13)14(17)15-8-7-12(16)9-15/h3-6,10,12,16H,7-9H2,1-2H3/t12-/m1/s1. The molecule has 1 aromatic carbocycles. The van der Waals surface area contributed by atoms with Gasteiger partial charge in [0.1, 0.15) is 5.75 Å². The van der Waals surface area contributed by atoms with Gasteiger partial charge in [0.15, 0.2) is 0 Å². The Morgan fingerprint density at radius 2 is 2.06 bits per heavy atom. The monoisotopic (exact) mass is 249 g/mol. The highest BCUT2D eigenvalue weighted by Gasteiger charge is 2.25. The molecule has 1 heterocycles. The minimum absolute atomic E-state index is 0.0253. The van der Waals surface area contributed by atoms with Crippen molar-refractivity contribution in [1.82, 2.24) is 4.90 Å². The molecular weight excluding hydrogens is 230 g/mol. The van der Waals surface area contributed by atoms with Crippen LogP contribution >= 0.6 is 0 Å². The highest BCUT2D eigenvalue weighted by molar-refractivity contribution is 5.94. The Labute approximate surface area is 107 Å². The predicted octanol–water partition coefficient (Wildman–Crippen LogP) is 1.68. The number of amides is 1. The largest absolute Gasteiger partial charge is 0.491 e. The molecule has 0 unspecified atom stereocenters. The van der Waals surface area contributed by atoms with Crippen LogP contribution in [0.5, 0.6) is 5.75 Å². The van der Waals surface area contributed by atoms with Crippen LogP contribution in [0.2, 0.25) is 0 Å². The first kappa shape index (κ1) is 12.9. The first-order valence-electron chi connectivity index (χ1n) is 6.30. The first-order chi connectivity index (χ1) is 8.56. The van der Waals surface area contributed by atoms with Crippen LogP contribution in [0.1, 0.15) is 30.6 Å². The molecule has 1 aliphatic heterocycles. The fourth-order valence-electron chi connectivity index (χ4n) is 2.06. The summed E-state index contributed by atoms with van der Waals surface area (Å²) in [5.74, 6) is 0.741. The van der Waals surface area contributed by atoms with E-state index in [0.29, 0.717) is 25.1 Å². The molecule has 1 atom stereocenters. The topological polar surface area (TPSA) is 49.8 Å². The van der Waals surface area contributed by atoms with Crippen molar-refractivity contribution in [3.63, 3.8) is 0 Å². The molecule has 0 bridgehead atoms. The van der Waals surface area contributed by atoms with Crippen LogP contribution in [-0.4, -0.2) is 41.2 Å². The number of rotatable bonds is 3. The number of aliphatic hydroxyl groups is 1. The number of aliphatic hydroxyl groups excluding tert-OH is 1. The van der Waals surface area contributed by atoms with E-state index in [0.717, 1.165) is 5.75 Å². The van der Waals surface area contributed by atoms with Gasteiger partial charge in [-0.1, -0.05) is 0 Å². The number of carbonyl (C=O) groups excluding carboxylic acids is 1. The van der Waals surface area contributed by atoms with Gasteiger partial charge in [-0.3, -0.25) is 4.79 Å². The molecule has 1 saturated heterocycles. The maximum atomic E-state index is 12.1. The molecule has 1 aromatic rings. The lowest BCUT2D eigenvalue weighted by molar-refractivity contribution is 0.0765. The van der Waals surface area contributed by atoms with Crippen LogP contribution in [0.25, 0.3) is 0 Å². The number of hydrogen-bond acceptors (Lipinski definition) is 3. The summed E-state index contributed by atoms with van der Waals surface area (Å²) in [7, 11) is 0. The number of β-amino-alcohol motifs (C(OH)–C–C–N with tert-alkyl or cyclic N) is 1. The first-order valence-corrected chi connectivity index (χ1v) is 6.30. The summed E-state index contributed by atoms with van der Waals surface area (Å²) in [5, 5.41) is 9.42. The minimum atomic E-state index is -0.377. The van der Waals surface area contributed by atoms with Crippen molar-refractivity contribution in [2.24, 2.45) is 0 Å². The normalized spacial score (nSPS) is 19.3. The molecule has 18 heavy (non-hydrogen) atoms. The molecule has 1 amide bonds. The Morgan fingerprint density at radius 1 is 1.39 bits per heavy atom. The van der Waals surface area contributed by atoms with Crippen LogP contribution in [0.4, 0.5) is 0 Å². The Balaban J connectivity index is 2.03. The third-order valence-corrected chi connectivity index (χ3v) is 2.92. The number of likely N-dealkylation sites (tertiary alicyclic amines) is 1. The summed E-state index contributed by atoms with van der Waals surface area (Å²) in [5.41, 5.74) is 0.639. The third kappa shape index (κ3) is 3.01. The maximum absolute atomic E-state index is 12.1. The lowest BCUT2D eigenvalue weighted by Crippen LogP contribution is -2.29. The summed E-state index contributed by atoms with van der Waals surface area (Å²) in [6, 6.07) is 7.15. The van der Waals surface area contributed by atoms with E-state index in [4.69, 9.17) is 4.74 Å². The number of hydrogen-bond donors (Lipinski definition) is 1. The third-order valence-electron chi connectivity index (χ3n) is 2.92. The maximum Gasteiger partial charge on any atom is 0.253 e. The summed E-state index contributed by atoms with van der Waals surface area (Å²) >= 11 is 0. The SMILES string of the molecule is CC(C)Oc1ccc(C(=O)N2CC[C@@H](O)C2)cc1. The molecule has 0 saturated carbocycles. The molecule has 0 aliphatic carbocycles. The van der Waals surface area contributed by atoms with Crippen LogP contribution in [0.15, 0.2) is 24.3 Å². The molecule has 2 rings (SSSR count). The summed E-state index contributed by atoms with van der Waals surface area (Å²) in [4.78, 5) is 13.8. The van der Waals surface area contributed by atoms with Gasteiger partial charge in [-0.2, -0.15) is 0 Å². The van der Waals surface area contributed by atoms with Crippen molar-refractivity contribution < 1.29 is 14.6 Å². The minimum Gasteiger partial charge on any atom is -0.491 e. The molecule has 98 valence electrons. The summed E-state index contributed by atoms with van der Waals surface area (Å²) < 4.78 is 5.53. The van der Waals surface area contributed by atoms with Gasteiger partial charge in [0.2, 0.25) is 0 Å². The van der Waals surface area contributed by atoms with Crippen molar-refractivity contribution in [3.8, 4) is 5.75 Å². The lowest BCUT2D eigenvalue weighted by atomic mass is 10.2. The summed E-state index contributed by atoms with van der Waals surface area (Å²) in [6.45, 7) is 4.99. The van der Waals surface area contributed by atoms with E-state index in [-0.39, 0.29) is 18.1 Å². The zero-order chi connectivity index (χ0) is 13.1. The number of nitrogens with zero attached hydrogens (tertiary/aromatic N) is 1. The molecule has 0 radical (unpaired) electrons. The van der Waals surface area contributed by atoms with E-state index in [1.54, 1.807) is 29.2 Å². The van der Waals surface area contributed by atoms with Crippen LogP contribution in [-0.2, 0) is 0 Å². The predicted molar refractivity (Wildman–Crippen MR) is 68.7 cm³/mol. The van der Waals surface area contributed by atoms with Gasteiger partial charge >= 0.3 is 0 Å². The van der Waals surface area contributed by atoms with Crippen molar-refractivity contribution in [3.05, 3.63) is 29.8 Å². The quantitative estimate of drug-likeness (QED) is 0.886. The van der Waals surface area contributed by atoms with Crippen LogP contribution in [0, 0.1) is 0 Å². The van der Waals surface area contributed by atoms with Gasteiger partial charge in [0.05, 0.1) is 12.2 Å². The Bertz CT molecular complexity index is 414. The summed E-state index contributed by atoms with van der Waals surface area (Å²) in [6.07, 6.45) is 0.415. The van der Waals surface area contributed by atoms with E-state index in [9.17, 15) is 9.90 Å². The molecule has 1 N–H and O–H groups in total. The molecule has 4 heteroatoms. The van der Waals surface area contributed by atoms with Crippen molar-refractivity contribution >= 4 is 5.91 Å². The fourth-order valence-corrected chi connectivity index (χ4v) is 2.06. The van der Waals surface area contributed by atoms with E-state index < -0.39 is 0 Å². The second kappa shape index (κ2) is 5.40. The van der Waals surface area contributed by atoms with Crippen LogP contribution in [0.3, 0.4) is 0 Å². The molecule has 0 aromatic heterocycles. The zero-order valence-electron chi connectivity index (χ0n) is 10.8. The average molecular weight is 249 g/mol. The smallest absolute Gasteiger partial charge is 0.253 e. The van der Waals surface area contributed by atoms with Gasteiger partial charge < -0.3 is 14.7 Å². The molecular formula is C14H19NO3. The van der Waals surface area contributed by atoms with E-state index in [2.05, 4.69) is 0 Å². The molecule has 1 fully saturated rings. The zero-order valence-corrected chi connectivity index (χ0v) is 10.8. The fraction of sp³-hybridized carbons (Fsp3) is 0.500. The van der Waals surface area contributed by atoms with Gasteiger partial charge in [0.25, 0.3) is 5.91 Å². The van der Waals surface area contributed by atoms with Crippen molar-refractivity contribution in [2.75, 3.05) is 13.1 Å². The van der Waals surface area contributed by atoms with Crippen LogP contribution < -0.4 is 4.74 Å². The average Bonchev–Trinajstić information content (AvgIpc) is 2.75. The second-order valence-electron chi connectivity index (χ2n) is 4.88. The Morgan fingerprint density at radius 3 is 2.56 bits per heavy atom. The van der Waals surface area contributed by atoms with Crippen molar-refractivity contribution in [2.45, 2.75) is 32.5 Å². The lowest BCUT2D eigenvalue weighted by Gasteiger charge is -2.16. The van der Waals surface area contributed by atoms with E-state index >= 15 is 0 Å². The van der Waals surface area contributed by atoms with E-state index in [1.165, 1.54) is 0 Å². The van der Waals surface area contributed by atoms with Gasteiger partial charge in [-0.25, -0.2) is 0 Å². The number of benzene rings is 1. The van der Waals surface area contributed by atoms with Gasteiger partial charge in [0, 0.05) is 18.7 Å². The van der Waals surface area contributed by atoms with E-state index in [1.807, 2.05) is 13.8 Å². The highest BCUT2D eigenvalue weighted by atomic mass is 16.5. The van der Waals surface area contributed by atoms with Crippen molar-refractivity contribution in [1.29, 1.82) is 0 Å².